The van der Waals surface area contributed by atoms with Gasteiger partial charge in [0, 0.05) is 16.5 Å². The third-order valence-electron chi connectivity index (χ3n) is 2.39. The van der Waals surface area contributed by atoms with E-state index >= 15 is 0 Å². The van der Waals surface area contributed by atoms with Crippen molar-refractivity contribution in [3.63, 3.8) is 0 Å². The van der Waals surface area contributed by atoms with E-state index in [2.05, 4.69) is 0 Å². The smallest absolute Gasteiger partial charge is 0.137 e. The van der Waals surface area contributed by atoms with Crippen molar-refractivity contribution >= 4 is 23.4 Å². The van der Waals surface area contributed by atoms with Gasteiger partial charge in [-0.05, 0) is 35.9 Å². The van der Waals surface area contributed by atoms with Crippen LogP contribution < -0.4 is 5.73 Å². The third kappa shape index (κ3) is 2.83. The summed E-state index contributed by atoms with van der Waals surface area (Å²) in [5, 5.41) is 0.527. The Labute approximate surface area is 113 Å². The molecule has 0 aliphatic carbocycles. The number of benzene rings is 2. The van der Waals surface area contributed by atoms with Crippen LogP contribution in [0.3, 0.4) is 0 Å². The summed E-state index contributed by atoms with van der Waals surface area (Å²) < 4.78 is 26.6. The molecule has 2 N–H and O–H groups in total. The van der Waals surface area contributed by atoms with Gasteiger partial charge in [-0.2, -0.15) is 0 Å². The third-order valence-corrected chi connectivity index (χ3v) is 3.88. The average molecular weight is 286 g/mol. The molecule has 0 fully saturated rings. The Morgan fingerprint density at radius 1 is 1.11 bits per heavy atom. The number of halogens is 3. The lowest BCUT2D eigenvalue weighted by Crippen LogP contribution is -1.99. The van der Waals surface area contributed by atoms with Crippen molar-refractivity contribution in [1.82, 2.24) is 0 Å². The topological polar surface area (TPSA) is 26.0 Å². The molecule has 2 aromatic carbocycles. The maximum Gasteiger partial charge on any atom is 0.137 e. The first kappa shape index (κ1) is 13.3. The highest BCUT2D eigenvalue weighted by atomic mass is 35.5. The maximum absolute atomic E-state index is 13.5. The molecular formula is C13H10ClF2NS. The first-order chi connectivity index (χ1) is 8.61. The van der Waals surface area contributed by atoms with E-state index in [0.717, 1.165) is 40.4 Å². The molecule has 0 radical (unpaired) electrons. The fraction of sp³-hybridized carbons (Fsp3) is 0.0769. The largest absolute Gasteiger partial charge is 0.326 e. The van der Waals surface area contributed by atoms with Crippen LogP contribution in [0, 0.1) is 11.6 Å². The van der Waals surface area contributed by atoms with E-state index in [0.29, 0.717) is 5.02 Å². The van der Waals surface area contributed by atoms with Crippen LogP contribution in [0.1, 0.15) is 5.56 Å². The van der Waals surface area contributed by atoms with E-state index in [1.807, 2.05) is 0 Å². The molecule has 0 amide bonds. The standard InChI is InChI=1S/C13H10ClF2NS/c14-10-2-1-3-12(9(10)7-17)18-13-6-8(15)4-5-11(13)16/h1-6H,7,17H2. The monoisotopic (exact) mass is 285 g/mol. The van der Waals surface area contributed by atoms with Gasteiger partial charge in [0.05, 0.1) is 4.90 Å². The Morgan fingerprint density at radius 3 is 2.61 bits per heavy atom. The number of hydrogen-bond donors (Lipinski definition) is 1. The summed E-state index contributed by atoms with van der Waals surface area (Å²) >= 11 is 7.12. The zero-order chi connectivity index (χ0) is 13.1. The molecular weight excluding hydrogens is 276 g/mol. The fourth-order valence-electron chi connectivity index (χ4n) is 1.51. The molecule has 18 heavy (non-hydrogen) atoms. The van der Waals surface area contributed by atoms with Gasteiger partial charge in [-0.1, -0.05) is 29.4 Å². The predicted octanol–water partition coefficient (Wildman–Crippen LogP) is 4.23. The second-order valence-electron chi connectivity index (χ2n) is 3.60. The Balaban J connectivity index is 2.40. The zero-order valence-corrected chi connectivity index (χ0v) is 10.9. The number of hydrogen-bond acceptors (Lipinski definition) is 2. The molecule has 0 saturated heterocycles. The lowest BCUT2D eigenvalue weighted by atomic mass is 10.2. The van der Waals surface area contributed by atoms with Crippen LogP contribution in [-0.4, -0.2) is 0 Å². The van der Waals surface area contributed by atoms with Crippen LogP contribution in [-0.2, 0) is 6.54 Å². The minimum Gasteiger partial charge on any atom is -0.326 e. The number of nitrogens with two attached hydrogens (primary N) is 1. The first-order valence-electron chi connectivity index (χ1n) is 5.22. The van der Waals surface area contributed by atoms with Crippen molar-refractivity contribution in [2.24, 2.45) is 5.73 Å². The minimum absolute atomic E-state index is 0.215. The molecule has 0 spiro atoms. The quantitative estimate of drug-likeness (QED) is 0.913. The molecule has 0 heterocycles. The van der Waals surface area contributed by atoms with Gasteiger partial charge in [0.1, 0.15) is 11.6 Å². The van der Waals surface area contributed by atoms with Gasteiger partial charge in [-0.25, -0.2) is 8.78 Å². The van der Waals surface area contributed by atoms with E-state index in [-0.39, 0.29) is 11.4 Å². The van der Waals surface area contributed by atoms with Crippen molar-refractivity contribution < 1.29 is 8.78 Å². The van der Waals surface area contributed by atoms with E-state index in [1.54, 1.807) is 18.2 Å². The van der Waals surface area contributed by atoms with Gasteiger partial charge in [-0.3, -0.25) is 0 Å². The first-order valence-corrected chi connectivity index (χ1v) is 6.41. The minimum atomic E-state index is -0.477. The summed E-state index contributed by atoms with van der Waals surface area (Å²) in [6.45, 7) is 0.249. The highest BCUT2D eigenvalue weighted by Crippen LogP contribution is 2.35. The van der Waals surface area contributed by atoms with Crippen molar-refractivity contribution in [2.45, 2.75) is 16.3 Å². The highest BCUT2D eigenvalue weighted by molar-refractivity contribution is 7.99. The average Bonchev–Trinajstić information content (AvgIpc) is 2.34. The molecule has 0 atom stereocenters. The van der Waals surface area contributed by atoms with Gasteiger partial charge >= 0.3 is 0 Å². The summed E-state index contributed by atoms with van der Waals surface area (Å²) in [6, 6.07) is 8.59. The van der Waals surface area contributed by atoms with Crippen molar-refractivity contribution in [1.29, 1.82) is 0 Å². The summed E-state index contributed by atoms with van der Waals surface area (Å²) in [5.74, 6) is -0.945. The van der Waals surface area contributed by atoms with Crippen LogP contribution >= 0.6 is 23.4 Å². The van der Waals surface area contributed by atoms with Crippen LogP contribution in [0.4, 0.5) is 8.78 Å². The Kier molecular flexibility index (Phi) is 4.22. The molecule has 0 aliphatic heterocycles. The zero-order valence-electron chi connectivity index (χ0n) is 9.29. The van der Waals surface area contributed by atoms with Crippen molar-refractivity contribution in [3.05, 3.63) is 58.6 Å². The Bertz CT molecular complexity index is 575. The van der Waals surface area contributed by atoms with Gasteiger partial charge in [0.15, 0.2) is 0 Å². The predicted molar refractivity (Wildman–Crippen MR) is 69.8 cm³/mol. The van der Waals surface area contributed by atoms with Gasteiger partial charge in [-0.15, -0.1) is 0 Å². The maximum atomic E-state index is 13.5. The van der Waals surface area contributed by atoms with Crippen molar-refractivity contribution in [3.8, 4) is 0 Å². The SMILES string of the molecule is NCc1c(Cl)cccc1Sc1cc(F)ccc1F. The van der Waals surface area contributed by atoms with Gasteiger partial charge in [0.25, 0.3) is 0 Å². The highest BCUT2D eigenvalue weighted by Gasteiger charge is 2.10. The Morgan fingerprint density at radius 2 is 1.89 bits per heavy atom. The summed E-state index contributed by atoms with van der Waals surface area (Å²) in [5.41, 5.74) is 6.34. The fourth-order valence-corrected chi connectivity index (χ4v) is 2.85. The van der Waals surface area contributed by atoms with Crippen LogP contribution in [0.5, 0.6) is 0 Å². The molecule has 0 unspecified atom stereocenters. The Hall–Kier alpha value is -1.10. The summed E-state index contributed by atoms with van der Waals surface area (Å²) in [7, 11) is 0. The lowest BCUT2D eigenvalue weighted by Gasteiger charge is -2.09. The van der Waals surface area contributed by atoms with Crippen molar-refractivity contribution in [2.75, 3.05) is 0 Å². The van der Waals surface area contributed by atoms with Gasteiger partial charge < -0.3 is 5.73 Å². The summed E-state index contributed by atoms with van der Waals surface area (Å²) in [6.07, 6.45) is 0. The van der Waals surface area contributed by atoms with Crippen LogP contribution in [0.15, 0.2) is 46.2 Å². The second-order valence-corrected chi connectivity index (χ2v) is 5.09. The second kappa shape index (κ2) is 5.69. The molecule has 94 valence electrons. The molecule has 2 rings (SSSR count). The lowest BCUT2D eigenvalue weighted by molar-refractivity contribution is 0.577. The van der Waals surface area contributed by atoms with E-state index in [9.17, 15) is 8.78 Å². The molecule has 5 heteroatoms. The molecule has 0 aliphatic rings. The summed E-state index contributed by atoms with van der Waals surface area (Å²) in [4.78, 5) is 0.946. The van der Waals surface area contributed by atoms with E-state index < -0.39 is 11.6 Å². The molecule has 0 aromatic heterocycles. The molecule has 0 saturated carbocycles. The van der Waals surface area contributed by atoms with E-state index in [1.165, 1.54) is 0 Å². The molecule has 2 aromatic rings. The molecule has 0 bridgehead atoms. The number of rotatable bonds is 3. The van der Waals surface area contributed by atoms with Crippen LogP contribution in [0.2, 0.25) is 5.02 Å². The van der Waals surface area contributed by atoms with E-state index in [4.69, 9.17) is 17.3 Å². The molecule has 1 nitrogen and oxygen atoms in total. The normalized spacial score (nSPS) is 10.7. The van der Waals surface area contributed by atoms with Gasteiger partial charge in [0.2, 0.25) is 0 Å². The van der Waals surface area contributed by atoms with Crippen LogP contribution in [0.25, 0.3) is 0 Å².